The molecule has 0 unspecified atom stereocenters. The lowest BCUT2D eigenvalue weighted by Gasteiger charge is -2.09. The van der Waals surface area contributed by atoms with Crippen molar-refractivity contribution in [2.45, 2.75) is 13.0 Å². The molecule has 2 rings (SSSR count). The predicted molar refractivity (Wildman–Crippen MR) is 58.2 cm³/mol. The van der Waals surface area contributed by atoms with E-state index >= 15 is 0 Å². The van der Waals surface area contributed by atoms with Crippen LogP contribution >= 0.6 is 0 Å². The predicted octanol–water partition coefficient (Wildman–Crippen LogP) is 1.66. The Labute approximate surface area is 93.3 Å². The smallest absolute Gasteiger partial charge is 0.225 e. The Balaban J connectivity index is 2.27. The van der Waals surface area contributed by atoms with Gasteiger partial charge in [-0.15, -0.1) is 0 Å². The van der Waals surface area contributed by atoms with Gasteiger partial charge in [-0.25, -0.2) is 4.98 Å². The standard InChI is InChI=1S/C11H13N3O2/c1-8(15)10-4-3-5-12-11(10)16-9-6-13-14(2)7-9/h3-8,15H,1-2H3/t8-/m0/s1. The first-order valence-electron chi connectivity index (χ1n) is 4.96. The van der Waals surface area contributed by atoms with Crippen molar-refractivity contribution in [1.82, 2.24) is 14.8 Å². The summed E-state index contributed by atoms with van der Waals surface area (Å²) >= 11 is 0. The van der Waals surface area contributed by atoms with Crippen LogP contribution in [0.3, 0.4) is 0 Å². The zero-order valence-electron chi connectivity index (χ0n) is 9.16. The highest BCUT2D eigenvalue weighted by Crippen LogP contribution is 2.26. The minimum Gasteiger partial charge on any atom is -0.435 e. The van der Waals surface area contributed by atoms with E-state index in [4.69, 9.17) is 4.74 Å². The third kappa shape index (κ3) is 2.20. The van der Waals surface area contributed by atoms with Crippen LogP contribution in [0.2, 0.25) is 0 Å². The topological polar surface area (TPSA) is 60.2 Å². The molecule has 0 radical (unpaired) electrons. The molecule has 0 aliphatic rings. The van der Waals surface area contributed by atoms with Gasteiger partial charge in [-0.3, -0.25) is 4.68 Å². The number of hydrogen-bond acceptors (Lipinski definition) is 4. The lowest BCUT2D eigenvalue weighted by atomic mass is 10.2. The number of aliphatic hydroxyl groups excluding tert-OH is 1. The van der Waals surface area contributed by atoms with Crippen molar-refractivity contribution < 1.29 is 9.84 Å². The second-order valence-corrected chi connectivity index (χ2v) is 3.53. The molecule has 0 amide bonds. The maximum atomic E-state index is 9.55. The van der Waals surface area contributed by atoms with E-state index in [0.29, 0.717) is 17.2 Å². The molecule has 0 aliphatic carbocycles. The zero-order valence-corrected chi connectivity index (χ0v) is 9.16. The van der Waals surface area contributed by atoms with Crippen molar-refractivity contribution in [3.63, 3.8) is 0 Å². The van der Waals surface area contributed by atoms with E-state index in [1.54, 1.807) is 49.4 Å². The molecule has 2 aromatic rings. The van der Waals surface area contributed by atoms with Crippen molar-refractivity contribution >= 4 is 0 Å². The van der Waals surface area contributed by atoms with Crippen molar-refractivity contribution in [3.05, 3.63) is 36.3 Å². The van der Waals surface area contributed by atoms with E-state index in [-0.39, 0.29) is 0 Å². The maximum Gasteiger partial charge on any atom is 0.225 e. The summed E-state index contributed by atoms with van der Waals surface area (Å²) in [5, 5.41) is 13.5. The minimum atomic E-state index is -0.611. The molecule has 84 valence electrons. The van der Waals surface area contributed by atoms with E-state index in [1.165, 1.54) is 0 Å². The third-order valence-corrected chi connectivity index (χ3v) is 2.15. The van der Waals surface area contributed by atoms with Crippen molar-refractivity contribution in [2.75, 3.05) is 0 Å². The minimum absolute atomic E-state index is 0.408. The van der Waals surface area contributed by atoms with E-state index in [9.17, 15) is 5.11 Å². The first kappa shape index (κ1) is 10.6. The number of aryl methyl sites for hydroxylation is 1. The molecule has 0 spiro atoms. The van der Waals surface area contributed by atoms with Crippen LogP contribution in [0.4, 0.5) is 0 Å². The molecule has 0 saturated carbocycles. The van der Waals surface area contributed by atoms with Gasteiger partial charge in [0, 0.05) is 18.8 Å². The number of pyridine rings is 1. The highest BCUT2D eigenvalue weighted by molar-refractivity contribution is 5.31. The molecule has 2 aromatic heterocycles. The molecule has 0 aromatic carbocycles. The van der Waals surface area contributed by atoms with Crippen LogP contribution in [0.15, 0.2) is 30.7 Å². The van der Waals surface area contributed by atoms with Crippen LogP contribution in [0.1, 0.15) is 18.6 Å². The van der Waals surface area contributed by atoms with Crippen molar-refractivity contribution in [3.8, 4) is 11.6 Å². The zero-order chi connectivity index (χ0) is 11.5. The maximum absolute atomic E-state index is 9.55. The fraction of sp³-hybridized carbons (Fsp3) is 0.273. The van der Waals surface area contributed by atoms with Gasteiger partial charge in [-0.05, 0) is 19.1 Å². The van der Waals surface area contributed by atoms with Gasteiger partial charge < -0.3 is 9.84 Å². The SMILES string of the molecule is C[C@H](O)c1cccnc1Oc1cnn(C)c1. The summed E-state index contributed by atoms with van der Waals surface area (Å²) in [7, 11) is 1.81. The molecule has 1 N–H and O–H groups in total. The molecule has 0 aliphatic heterocycles. The average molecular weight is 219 g/mol. The van der Waals surface area contributed by atoms with Crippen LogP contribution in [-0.2, 0) is 7.05 Å². The molecule has 0 saturated heterocycles. The van der Waals surface area contributed by atoms with E-state index in [0.717, 1.165) is 0 Å². The molecule has 0 fully saturated rings. The van der Waals surface area contributed by atoms with Gasteiger partial charge in [-0.1, -0.05) is 0 Å². The first-order chi connectivity index (χ1) is 7.66. The highest BCUT2D eigenvalue weighted by atomic mass is 16.5. The van der Waals surface area contributed by atoms with E-state index < -0.39 is 6.10 Å². The van der Waals surface area contributed by atoms with Gasteiger partial charge >= 0.3 is 0 Å². The number of aliphatic hydroxyl groups is 1. The summed E-state index contributed by atoms with van der Waals surface area (Å²) in [6.07, 6.45) is 4.35. The molecular formula is C11H13N3O2. The highest BCUT2D eigenvalue weighted by Gasteiger charge is 2.11. The number of hydrogen-bond donors (Lipinski definition) is 1. The van der Waals surface area contributed by atoms with Crippen LogP contribution in [0.5, 0.6) is 11.6 Å². The van der Waals surface area contributed by atoms with Gasteiger partial charge in [0.1, 0.15) is 0 Å². The fourth-order valence-corrected chi connectivity index (χ4v) is 1.37. The Bertz CT molecular complexity index is 480. The van der Waals surface area contributed by atoms with Crippen LogP contribution in [0.25, 0.3) is 0 Å². The lowest BCUT2D eigenvalue weighted by molar-refractivity contribution is 0.194. The molecule has 5 nitrogen and oxygen atoms in total. The van der Waals surface area contributed by atoms with Crippen LogP contribution in [0, 0.1) is 0 Å². The third-order valence-electron chi connectivity index (χ3n) is 2.15. The number of aromatic nitrogens is 3. The van der Waals surface area contributed by atoms with E-state index in [2.05, 4.69) is 10.1 Å². The Morgan fingerprint density at radius 3 is 2.94 bits per heavy atom. The summed E-state index contributed by atoms with van der Waals surface area (Å²) in [5.74, 6) is 1.01. The number of rotatable bonds is 3. The lowest BCUT2D eigenvalue weighted by Crippen LogP contribution is -1.97. The Hall–Kier alpha value is -1.88. The largest absolute Gasteiger partial charge is 0.435 e. The molecule has 1 atom stereocenters. The Morgan fingerprint density at radius 1 is 1.50 bits per heavy atom. The fourth-order valence-electron chi connectivity index (χ4n) is 1.37. The second-order valence-electron chi connectivity index (χ2n) is 3.53. The number of nitrogens with zero attached hydrogens (tertiary/aromatic N) is 3. The molecule has 0 bridgehead atoms. The van der Waals surface area contributed by atoms with Crippen LogP contribution in [-0.4, -0.2) is 19.9 Å². The van der Waals surface area contributed by atoms with Gasteiger partial charge in [0.15, 0.2) is 5.75 Å². The molecular weight excluding hydrogens is 206 g/mol. The quantitative estimate of drug-likeness (QED) is 0.852. The van der Waals surface area contributed by atoms with Gasteiger partial charge in [0.25, 0.3) is 0 Å². The first-order valence-corrected chi connectivity index (χ1v) is 4.96. The Morgan fingerprint density at radius 2 is 2.31 bits per heavy atom. The summed E-state index contributed by atoms with van der Waals surface area (Å²) in [6.45, 7) is 1.67. The van der Waals surface area contributed by atoms with Gasteiger partial charge in [0.2, 0.25) is 5.88 Å². The summed E-state index contributed by atoms with van der Waals surface area (Å²) in [6, 6.07) is 3.54. The van der Waals surface area contributed by atoms with Gasteiger partial charge in [0.05, 0.1) is 18.5 Å². The normalized spacial score (nSPS) is 12.4. The molecule has 16 heavy (non-hydrogen) atoms. The number of ether oxygens (including phenoxy) is 1. The monoisotopic (exact) mass is 219 g/mol. The van der Waals surface area contributed by atoms with Crippen molar-refractivity contribution in [2.24, 2.45) is 7.05 Å². The van der Waals surface area contributed by atoms with Crippen LogP contribution < -0.4 is 4.74 Å². The molecule has 5 heteroatoms. The van der Waals surface area contributed by atoms with Crippen molar-refractivity contribution in [1.29, 1.82) is 0 Å². The van der Waals surface area contributed by atoms with Gasteiger partial charge in [-0.2, -0.15) is 5.10 Å². The average Bonchev–Trinajstić information content (AvgIpc) is 2.64. The molecule has 2 heterocycles. The second kappa shape index (κ2) is 4.32. The summed E-state index contributed by atoms with van der Waals surface area (Å²) < 4.78 is 7.18. The summed E-state index contributed by atoms with van der Waals surface area (Å²) in [4.78, 5) is 4.09. The Kier molecular flexibility index (Phi) is 2.87. The van der Waals surface area contributed by atoms with E-state index in [1.807, 2.05) is 0 Å². The summed E-state index contributed by atoms with van der Waals surface area (Å²) in [5.41, 5.74) is 0.659.